The van der Waals surface area contributed by atoms with Crippen molar-refractivity contribution in [3.05, 3.63) is 52.9 Å². The van der Waals surface area contributed by atoms with Gasteiger partial charge in [0.15, 0.2) is 17.6 Å². The number of rotatable bonds is 5. The molecule has 1 aromatic carbocycles. The Balaban J connectivity index is 1.66. The maximum Gasteiger partial charge on any atom is 0.191 e. The number of hydrogen-bond donors (Lipinski definition) is 2. The summed E-state index contributed by atoms with van der Waals surface area (Å²) in [5, 5.41) is 11.4. The summed E-state index contributed by atoms with van der Waals surface area (Å²) >= 11 is 0. The van der Waals surface area contributed by atoms with Crippen LogP contribution in [0.15, 0.2) is 29.4 Å². The van der Waals surface area contributed by atoms with Crippen LogP contribution in [0, 0.1) is 11.6 Å². The fourth-order valence-corrected chi connectivity index (χ4v) is 3.22. The monoisotopic (exact) mass is 375 g/mol. The lowest BCUT2D eigenvalue weighted by Gasteiger charge is -2.24. The van der Waals surface area contributed by atoms with Crippen molar-refractivity contribution in [2.24, 2.45) is 4.99 Å². The SMILES string of the molecule is CCNC(=NCc1ccc(F)c(F)c1)NC1CCc2cn(C(C)C)nc2C1. The summed E-state index contributed by atoms with van der Waals surface area (Å²) in [6, 6.07) is 4.48. The summed E-state index contributed by atoms with van der Waals surface area (Å²) in [5.41, 5.74) is 3.10. The van der Waals surface area contributed by atoms with Crippen molar-refractivity contribution in [2.45, 2.75) is 58.7 Å². The van der Waals surface area contributed by atoms with Crippen LogP contribution in [0.25, 0.3) is 0 Å². The quantitative estimate of drug-likeness (QED) is 0.622. The van der Waals surface area contributed by atoms with E-state index in [0.29, 0.717) is 17.6 Å². The Bertz CT molecular complexity index is 813. The van der Waals surface area contributed by atoms with E-state index in [9.17, 15) is 8.78 Å². The molecule has 0 saturated heterocycles. The number of hydrogen-bond acceptors (Lipinski definition) is 2. The van der Waals surface area contributed by atoms with Gasteiger partial charge in [-0.2, -0.15) is 5.10 Å². The third-order valence-electron chi connectivity index (χ3n) is 4.71. The summed E-state index contributed by atoms with van der Waals surface area (Å²) in [6.45, 7) is 7.26. The minimum absolute atomic E-state index is 0.246. The molecule has 1 unspecified atom stereocenters. The van der Waals surface area contributed by atoms with E-state index in [4.69, 9.17) is 5.10 Å². The molecule has 2 aromatic rings. The maximum absolute atomic E-state index is 13.4. The van der Waals surface area contributed by atoms with E-state index in [2.05, 4.69) is 35.7 Å². The average Bonchev–Trinajstić information content (AvgIpc) is 3.06. The van der Waals surface area contributed by atoms with Gasteiger partial charge in [-0.1, -0.05) is 6.07 Å². The van der Waals surface area contributed by atoms with Gasteiger partial charge in [-0.05, 0) is 56.9 Å². The fraction of sp³-hybridized carbons (Fsp3) is 0.500. The largest absolute Gasteiger partial charge is 0.357 e. The van der Waals surface area contributed by atoms with Crippen LogP contribution in [-0.4, -0.2) is 28.3 Å². The number of fused-ring (bicyclic) bond motifs is 1. The van der Waals surface area contributed by atoms with Crippen LogP contribution >= 0.6 is 0 Å². The smallest absolute Gasteiger partial charge is 0.191 e. The summed E-state index contributed by atoms with van der Waals surface area (Å²) in [5.74, 6) is -1.01. The van der Waals surface area contributed by atoms with E-state index in [1.165, 1.54) is 11.6 Å². The molecule has 0 bridgehead atoms. The molecule has 2 N–H and O–H groups in total. The summed E-state index contributed by atoms with van der Waals surface area (Å²) in [4.78, 5) is 4.52. The zero-order valence-electron chi connectivity index (χ0n) is 16.1. The molecular weight excluding hydrogens is 348 g/mol. The second-order valence-corrected chi connectivity index (χ2v) is 7.20. The average molecular weight is 375 g/mol. The lowest BCUT2D eigenvalue weighted by molar-refractivity contribution is 0.499. The molecule has 146 valence electrons. The Morgan fingerprint density at radius 3 is 2.85 bits per heavy atom. The number of guanidine groups is 1. The van der Waals surface area contributed by atoms with Crippen molar-refractivity contribution < 1.29 is 8.78 Å². The fourth-order valence-electron chi connectivity index (χ4n) is 3.22. The van der Waals surface area contributed by atoms with E-state index < -0.39 is 11.6 Å². The van der Waals surface area contributed by atoms with Gasteiger partial charge >= 0.3 is 0 Å². The van der Waals surface area contributed by atoms with Crippen molar-refractivity contribution in [3.8, 4) is 0 Å². The molecule has 0 spiro atoms. The molecule has 1 aliphatic rings. The van der Waals surface area contributed by atoms with Crippen LogP contribution in [0.4, 0.5) is 8.78 Å². The first kappa shape index (κ1) is 19.3. The van der Waals surface area contributed by atoms with Gasteiger partial charge in [0.25, 0.3) is 0 Å². The number of nitrogens with one attached hydrogen (secondary N) is 2. The summed E-state index contributed by atoms with van der Waals surface area (Å²) in [7, 11) is 0. The number of nitrogens with zero attached hydrogens (tertiary/aromatic N) is 3. The molecule has 1 heterocycles. The maximum atomic E-state index is 13.4. The van der Waals surface area contributed by atoms with E-state index in [-0.39, 0.29) is 12.6 Å². The minimum Gasteiger partial charge on any atom is -0.357 e. The van der Waals surface area contributed by atoms with Crippen molar-refractivity contribution in [3.63, 3.8) is 0 Å². The van der Waals surface area contributed by atoms with E-state index in [1.54, 1.807) is 6.07 Å². The topological polar surface area (TPSA) is 54.2 Å². The van der Waals surface area contributed by atoms with Gasteiger partial charge in [-0.25, -0.2) is 13.8 Å². The zero-order chi connectivity index (χ0) is 19.4. The second-order valence-electron chi connectivity index (χ2n) is 7.20. The molecule has 0 radical (unpaired) electrons. The van der Waals surface area contributed by atoms with Crippen LogP contribution in [0.1, 0.15) is 50.1 Å². The molecule has 27 heavy (non-hydrogen) atoms. The van der Waals surface area contributed by atoms with E-state index in [0.717, 1.165) is 37.6 Å². The highest BCUT2D eigenvalue weighted by atomic mass is 19.2. The van der Waals surface area contributed by atoms with Gasteiger partial charge in [0.2, 0.25) is 0 Å². The normalized spacial score (nSPS) is 17.1. The molecule has 0 amide bonds. The van der Waals surface area contributed by atoms with Gasteiger partial charge < -0.3 is 10.6 Å². The van der Waals surface area contributed by atoms with Crippen molar-refractivity contribution >= 4 is 5.96 Å². The Labute approximate surface area is 158 Å². The molecule has 5 nitrogen and oxygen atoms in total. The first-order valence-corrected chi connectivity index (χ1v) is 9.52. The highest BCUT2D eigenvalue weighted by Gasteiger charge is 2.23. The van der Waals surface area contributed by atoms with Crippen LogP contribution in [0.2, 0.25) is 0 Å². The van der Waals surface area contributed by atoms with Crippen LogP contribution < -0.4 is 10.6 Å². The van der Waals surface area contributed by atoms with Crippen LogP contribution in [0.5, 0.6) is 0 Å². The van der Waals surface area contributed by atoms with Gasteiger partial charge in [-0.3, -0.25) is 4.68 Å². The molecule has 1 aromatic heterocycles. The van der Waals surface area contributed by atoms with Crippen molar-refractivity contribution in [1.82, 2.24) is 20.4 Å². The highest BCUT2D eigenvalue weighted by Crippen LogP contribution is 2.21. The predicted molar refractivity (Wildman–Crippen MR) is 103 cm³/mol. The number of aromatic nitrogens is 2. The summed E-state index contributed by atoms with van der Waals surface area (Å²) in [6.07, 6.45) is 5.00. The van der Waals surface area contributed by atoms with Crippen LogP contribution in [-0.2, 0) is 19.4 Å². The number of aryl methyl sites for hydroxylation is 1. The van der Waals surface area contributed by atoms with Gasteiger partial charge in [0.1, 0.15) is 0 Å². The third kappa shape index (κ3) is 4.84. The molecule has 0 saturated carbocycles. The Morgan fingerprint density at radius 2 is 2.15 bits per heavy atom. The van der Waals surface area contributed by atoms with Crippen LogP contribution in [0.3, 0.4) is 0 Å². The molecule has 3 rings (SSSR count). The molecule has 0 aliphatic heterocycles. The molecule has 7 heteroatoms. The number of aliphatic imine (C=N–C) groups is 1. The van der Waals surface area contributed by atoms with Gasteiger partial charge in [0.05, 0.1) is 12.2 Å². The number of benzene rings is 1. The van der Waals surface area contributed by atoms with Crippen molar-refractivity contribution in [2.75, 3.05) is 6.54 Å². The first-order valence-electron chi connectivity index (χ1n) is 9.52. The molecule has 1 aliphatic carbocycles. The Kier molecular flexibility index (Phi) is 6.08. The van der Waals surface area contributed by atoms with E-state index in [1.807, 2.05) is 11.6 Å². The lowest BCUT2D eigenvalue weighted by atomic mass is 9.94. The first-order chi connectivity index (χ1) is 13.0. The van der Waals surface area contributed by atoms with E-state index >= 15 is 0 Å². The Morgan fingerprint density at radius 1 is 1.33 bits per heavy atom. The molecule has 0 fully saturated rings. The second kappa shape index (κ2) is 8.50. The van der Waals surface area contributed by atoms with Gasteiger partial charge in [0, 0.05) is 31.2 Å². The predicted octanol–water partition coefficient (Wildman–Crippen LogP) is 3.35. The molecule has 1 atom stereocenters. The van der Waals surface area contributed by atoms with Crippen molar-refractivity contribution in [1.29, 1.82) is 0 Å². The molecular formula is C20H27F2N5. The Hall–Kier alpha value is -2.44. The zero-order valence-corrected chi connectivity index (χ0v) is 16.1. The highest BCUT2D eigenvalue weighted by molar-refractivity contribution is 5.80. The standard InChI is InChI=1S/C20H27F2N5/c1-4-23-20(24-11-14-5-8-17(21)18(22)9-14)25-16-7-6-15-12-27(13(2)3)26-19(15)10-16/h5,8-9,12-13,16H,4,6-7,10-11H2,1-3H3,(H2,23,24,25). The summed E-state index contributed by atoms with van der Waals surface area (Å²) < 4.78 is 28.4. The third-order valence-corrected chi connectivity index (χ3v) is 4.71. The number of halogens is 2. The lowest BCUT2D eigenvalue weighted by Crippen LogP contribution is -2.45. The van der Waals surface area contributed by atoms with Gasteiger partial charge in [-0.15, -0.1) is 0 Å². The minimum atomic E-state index is -0.846.